The number of benzene rings is 2. The molecule has 0 aliphatic carbocycles. The number of hydrogen-bond acceptors (Lipinski definition) is 1. The van der Waals surface area contributed by atoms with Gasteiger partial charge < -0.3 is 5.32 Å². The van der Waals surface area contributed by atoms with Crippen molar-refractivity contribution in [1.29, 1.82) is 0 Å². The Balaban J connectivity index is 2.28. The topological polar surface area (TPSA) is 29.1 Å². The van der Waals surface area contributed by atoms with Crippen molar-refractivity contribution in [3.05, 3.63) is 62.0 Å². The van der Waals surface area contributed by atoms with Crippen LogP contribution in [-0.4, -0.2) is 5.91 Å². The monoisotopic (exact) mass is 379 g/mol. The van der Waals surface area contributed by atoms with Gasteiger partial charge in [0.1, 0.15) is 11.6 Å². The van der Waals surface area contributed by atoms with Crippen LogP contribution in [0.4, 0.5) is 14.5 Å². The molecule has 0 aromatic heterocycles. The Morgan fingerprint density at radius 3 is 2.40 bits per heavy atom. The van der Waals surface area contributed by atoms with Crippen molar-refractivity contribution in [1.82, 2.24) is 0 Å². The van der Waals surface area contributed by atoms with Crippen LogP contribution >= 0.6 is 39.1 Å². The normalized spacial score (nSPS) is 10.4. The fraction of sp³-hybridized carbons (Fsp3) is 0. The highest BCUT2D eigenvalue weighted by Gasteiger charge is 2.16. The predicted octanol–water partition coefficient (Wildman–Crippen LogP) is 5.29. The zero-order valence-electron chi connectivity index (χ0n) is 9.68. The summed E-state index contributed by atoms with van der Waals surface area (Å²) in [5.74, 6) is -2.55. The average Bonchev–Trinajstić information content (AvgIpc) is 2.38. The highest BCUT2D eigenvalue weighted by molar-refractivity contribution is 9.10. The number of anilines is 1. The van der Waals surface area contributed by atoms with E-state index in [0.717, 1.165) is 12.1 Å². The predicted molar refractivity (Wildman–Crippen MR) is 78.5 cm³/mol. The van der Waals surface area contributed by atoms with Gasteiger partial charge in [0.25, 0.3) is 5.91 Å². The molecule has 1 N–H and O–H groups in total. The van der Waals surface area contributed by atoms with Crippen LogP contribution in [-0.2, 0) is 0 Å². The van der Waals surface area contributed by atoms with Gasteiger partial charge in [0.15, 0.2) is 0 Å². The molecule has 0 bridgehead atoms. The van der Waals surface area contributed by atoms with Gasteiger partial charge in [-0.25, -0.2) is 8.78 Å². The standard InChI is InChI=1S/C13H6BrCl2F2NO/c14-8-3-6(1-2-9(8)15)19-13(20)7-4-12(18)10(16)5-11(7)17/h1-5H,(H,19,20). The summed E-state index contributed by atoms with van der Waals surface area (Å²) in [5.41, 5.74) is -0.0426. The van der Waals surface area contributed by atoms with Crippen LogP contribution in [0.2, 0.25) is 10.0 Å². The van der Waals surface area contributed by atoms with Crippen molar-refractivity contribution in [3.63, 3.8) is 0 Å². The van der Waals surface area contributed by atoms with Gasteiger partial charge in [-0.2, -0.15) is 0 Å². The van der Waals surface area contributed by atoms with Gasteiger partial charge in [0, 0.05) is 10.2 Å². The molecule has 104 valence electrons. The first-order valence-corrected chi connectivity index (χ1v) is 6.84. The smallest absolute Gasteiger partial charge is 0.258 e. The SMILES string of the molecule is O=C(Nc1ccc(Cl)c(Br)c1)c1cc(F)c(Cl)cc1F. The van der Waals surface area contributed by atoms with E-state index in [4.69, 9.17) is 23.2 Å². The Hall–Kier alpha value is -1.17. The molecule has 0 aliphatic heterocycles. The molecule has 0 spiro atoms. The highest BCUT2D eigenvalue weighted by Crippen LogP contribution is 2.26. The maximum atomic E-state index is 13.6. The number of amides is 1. The minimum atomic E-state index is -0.901. The van der Waals surface area contributed by atoms with Crippen molar-refractivity contribution < 1.29 is 13.6 Å². The van der Waals surface area contributed by atoms with Crippen molar-refractivity contribution in [2.45, 2.75) is 0 Å². The van der Waals surface area contributed by atoms with Gasteiger partial charge in [-0.3, -0.25) is 4.79 Å². The van der Waals surface area contributed by atoms with Crippen LogP contribution in [0.3, 0.4) is 0 Å². The Morgan fingerprint density at radius 1 is 1.05 bits per heavy atom. The van der Waals surface area contributed by atoms with Crippen LogP contribution in [0.15, 0.2) is 34.8 Å². The van der Waals surface area contributed by atoms with E-state index >= 15 is 0 Å². The molecule has 0 saturated heterocycles. The molecule has 2 aromatic rings. The van der Waals surface area contributed by atoms with E-state index in [0.29, 0.717) is 15.2 Å². The largest absolute Gasteiger partial charge is 0.322 e. The molecular formula is C13H6BrCl2F2NO. The van der Waals surface area contributed by atoms with Crippen LogP contribution in [0.25, 0.3) is 0 Å². The van der Waals surface area contributed by atoms with E-state index in [1.165, 1.54) is 6.07 Å². The molecule has 20 heavy (non-hydrogen) atoms. The van der Waals surface area contributed by atoms with Gasteiger partial charge in [0.2, 0.25) is 0 Å². The Morgan fingerprint density at radius 2 is 1.75 bits per heavy atom. The van der Waals surface area contributed by atoms with Crippen LogP contribution in [0.1, 0.15) is 10.4 Å². The maximum Gasteiger partial charge on any atom is 0.258 e. The molecule has 2 rings (SSSR count). The number of carbonyl (C=O) groups excluding carboxylic acids is 1. The quantitative estimate of drug-likeness (QED) is 0.705. The lowest BCUT2D eigenvalue weighted by Gasteiger charge is -2.08. The first kappa shape index (κ1) is 15.2. The number of rotatable bonds is 2. The summed E-state index contributed by atoms with van der Waals surface area (Å²) in [5, 5.41) is 2.52. The zero-order valence-corrected chi connectivity index (χ0v) is 12.8. The third-order valence-corrected chi connectivity index (χ3v) is 3.94. The van der Waals surface area contributed by atoms with Crippen LogP contribution < -0.4 is 5.32 Å². The molecule has 0 atom stereocenters. The molecule has 0 heterocycles. The summed E-state index contributed by atoms with van der Waals surface area (Å²) in [6, 6.07) is 6.14. The first-order chi connectivity index (χ1) is 9.38. The lowest BCUT2D eigenvalue weighted by Crippen LogP contribution is -2.14. The second kappa shape index (κ2) is 6.08. The van der Waals surface area contributed by atoms with Gasteiger partial charge in [-0.05, 0) is 46.3 Å². The third kappa shape index (κ3) is 3.29. The lowest BCUT2D eigenvalue weighted by atomic mass is 10.2. The zero-order chi connectivity index (χ0) is 14.9. The molecule has 0 radical (unpaired) electrons. The average molecular weight is 381 g/mol. The summed E-state index contributed by atoms with van der Waals surface area (Å²) >= 11 is 14.4. The number of nitrogens with one attached hydrogen (secondary N) is 1. The fourth-order valence-electron chi connectivity index (χ4n) is 1.47. The summed E-state index contributed by atoms with van der Waals surface area (Å²) in [6.07, 6.45) is 0. The van der Waals surface area contributed by atoms with Crippen molar-refractivity contribution in [2.24, 2.45) is 0 Å². The van der Waals surface area contributed by atoms with Gasteiger partial charge in [-0.15, -0.1) is 0 Å². The van der Waals surface area contributed by atoms with Gasteiger partial charge >= 0.3 is 0 Å². The van der Waals surface area contributed by atoms with Gasteiger partial charge in [0.05, 0.1) is 15.6 Å². The minimum Gasteiger partial charge on any atom is -0.322 e. The van der Waals surface area contributed by atoms with Crippen molar-refractivity contribution >= 4 is 50.7 Å². The second-order valence-corrected chi connectivity index (χ2v) is 5.50. The van der Waals surface area contributed by atoms with Crippen molar-refractivity contribution in [2.75, 3.05) is 5.32 Å². The van der Waals surface area contributed by atoms with E-state index in [1.54, 1.807) is 12.1 Å². The summed E-state index contributed by atoms with van der Waals surface area (Å²) in [4.78, 5) is 11.9. The lowest BCUT2D eigenvalue weighted by molar-refractivity contribution is 0.102. The number of carbonyl (C=O) groups is 1. The second-order valence-electron chi connectivity index (χ2n) is 3.83. The molecule has 0 fully saturated rings. The number of halogens is 5. The first-order valence-electron chi connectivity index (χ1n) is 5.29. The molecule has 1 amide bonds. The summed E-state index contributed by atoms with van der Waals surface area (Å²) in [6.45, 7) is 0. The molecular weight excluding hydrogens is 375 g/mol. The van der Waals surface area contributed by atoms with E-state index in [-0.39, 0.29) is 5.02 Å². The molecule has 0 unspecified atom stereocenters. The third-order valence-electron chi connectivity index (χ3n) is 2.43. The van der Waals surface area contributed by atoms with Gasteiger partial charge in [-0.1, -0.05) is 23.2 Å². The number of hydrogen-bond donors (Lipinski definition) is 1. The van der Waals surface area contributed by atoms with Crippen molar-refractivity contribution in [3.8, 4) is 0 Å². The van der Waals surface area contributed by atoms with Crippen LogP contribution in [0, 0.1) is 11.6 Å². The molecule has 2 nitrogen and oxygen atoms in total. The Bertz CT molecular complexity index is 694. The Kier molecular flexibility index (Phi) is 4.62. The Labute approximate surface area is 131 Å². The summed E-state index contributed by atoms with van der Waals surface area (Å²) < 4.78 is 27.4. The molecule has 7 heteroatoms. The van der Waals surface area contributed by atoms with E-state index in [2.05, 4.69) is 21.2 Å². The summed E-state index contributed by atoms with van der Waals surface area (Å²) in [7, 11) is 0. The minimum absolute atomic E-state index is 0.381. The van der Waals surface area contributed by atoms with E-state index in [1.807, 2.05) is 0 Å². The van der Waals surface area contributed by atoms with Crippen LogP contribution in [0.5, 0.6) is 0 Å². The highest BCUT2D eigenvalue weighted by atomic mass is 79.9. The maximum absolute atomic E-state index is 13.6. The van der Waals surface area contributed by atoms with E-state index in [9.17, 15) is 13.6 Å². The molecule has 2 aromatic carbocycles. The van der Waals surface area contributed by atoms with E-state index < -0.39 is 23.1 Å². The fourth-order valence-corrected chi connectivity index (χ4v) is 2.12. The molecule has 0 aliphatic rings. The molecule has 0 saturated carbocycles.